The Balaban J connectivity index is 1.66. The molecular weight excluding hydrogens is 322 g/mol. The second kappa shape index (κ2) is 6.84. The minimum Gasteiger partial charge on any atom is -0.382 e. The Morgan fingerprint density at radius 1 is 1.40 bits per heavy atom. The molecule has 4 amide bonds. The summed E-state index contributed by atoms with van der Waals surface area (Å²) < 4.78 is 5.00. The number of hydrogen-bond donors (Lipinski definition) is 2. The summed E-state index contributed by atoms with van der Waals surface area (Å²) in [5.41, 5.74) is 1.23. The average Bonchev–Trinajstić information content (AvgIpc) is 2.79. The lowest BCUT2D eigenvalue weighted by Crippen LogP contribution is -2.48. The standard InChI is InChI=1S/C18H23N3O4/c1-18(11-25-2)16(23)21(17(24)20-18)10-15(22)19-14-9-5-7-12-6-3-4-8-13(12)14/h3-4,6,8,14H,5,7,9-11H2,1-2H3,(H,19,22)(H,20,24). The molecule has 1 aromatic rings. The number of ether oxygens (including phenoxy) is 1. The van der Waals surface area contributed by atoms with Gasteiger partial charge in [-0.05, 0) is 37.3 Å². The molecule has 1 aliphatic carbocycles. The van der Waals surface area contributed by atoms with E-state index in [1.165, 1.54) is 12.7 Å². The van der Waals surface area contributed by atoms with Crippen molar-refractivity contribution in [3.63, 3.8) is 0 Å². The van der Waals surface area contributed by atoms with Crippen LogP contribution in [0.4, 0.5) is 4.79 Å². The number of rotatable bonds is 5. The number of urea groups is 1. The quantitative estimate of drug-likeness (QED) is 0.784. The summed E-state index contributed by atoms with van der Waals surface area (Å²) in [6.07, 6.45) is 2.85. The fraction of sp³-hybridized carbons (Fsp3) is 0.500. The van der Waals surface area contributed by atoms with Crippen LogP contribution in [-0.4, -0.2) is 48.5 Å². The number of aryl methyl sites for hydroxylation is 1. The molecule has 0 bridgehead atoms. The third-order valence-electron chi connectivity index (χ3n) is 4.78. The van der Waals surface area contributed by atoms with Crippen molar-refractivity contribution in [3.8, 4) is 0 Å². The molecule has 0 saturated carbocycles. The number of nitrogens with one attached hydrogen (secondary N) is 2. The first-order valence-electron chi connectivity index (χ1n) is 8.45. The van der Waals surface area contributed by atoms with Crippen LogP contribution in [0, 0.1) is 0 Å². The number of imide groups is 1. The molecule has 2 atom stereocenters. The molecule has 25 heavy (non-hydrogen) atoms. The maximum Gasteiger partial charge on any atom is 0.325 e. The van der Waals surface area contributed by atoms with Gasteiger partial charge in [0.2, 0.25) is 5.91 Å². The van der Waals surface area contributed by atoms with E-state index in [9.17, 15) is 14.4 Å². The fourth-order valence-electron chi connectivity index (χ4n) is 3.56. The number of hydrogen-bond acceptors (Lipinski definition) is 4. The Morgan fingerprint density at radius 2 is 2.16 bits per heavy atom. The van der Waals surface area contributed by atoms with Gasteiger partial charge < -0.3 is 15.4 Å². The molecule has 1 aliphatic heterocycles. The molecule has 7 nitrogen and oxygen atoms in total. The summed E-state index contributed by atoms with van der Waals surface area (Å²) in [6.45, 7) is 1.36. The highest BCUT2D eigenvalue weighted by Crippen LogP contribution is 2.29. The molecule has 2 unspecified atom stereocenters. The predicted molar refractivity (Wildman–Crippen MR) is 90.8 cm³/mol. The van der Waals surface area contributed by atoms with Crippen molar-refractivity contribution >= 4 is 17.8 Å². The monoisotopic (exact) mass is 345 g/mol. The van der Waals surface area contributed by atoms with Gasteiger partial charge in [0.05, 0.1) is 12.6 Å². The smallest absolute Gasteiger partial charge is 0.325 e. The van der Waals surface area contributed by atoms with E-state index in [1.807, 2.05) is 18.2 Å². The molecule has 134 valence electrons. The van der Waals surface area contributed by atoms with Crippen LogP contribution >= 0.6 is 0 Å². The van der Waals surface area contributed by atoms with E-state index in [0.29, 0.717) is 0 Å². The van der Waals surface area contributed by atoms with Crippen LogP contribution in [0.25, 0.3) is 0 Å². The van der Waals surface area contributed by atoms with Crippen LogP contribution in [0.15, 0.2) is 24.3 Å². The lowest BCUT2D eigenvalue weighted by Gasteiger charge is -2.27. The van der Waals surface area contributed by atoms with Gasteiger partial charge in [0, 0.05) is 7.11 Å². The third-order valence-corrected chi connectivity index (χ3v) is 4.78. The lowest BCUT2D eigenvalue weighted by molar-refractivity contribution is -0.136. The van der Waals surface area contributed by atoms with Crippen LogP contribution in [0.1, 0.15) is 36.9 Å². The highest BCUT2D eigenvalue weighted by molar-refractivity contribution is 6.08. The van der Waals surface area contributed by atoms with Crippen LogP contribution in [-0.2, 0) is 20.7 Å². The van der Waals surface area contributed by atoms with E-state index in [4.69, 9.17) is 4.74 Å². The van der Waals surface area contributed by atoms with Crippen molar-refractivity contribution in [1.82, 2.24) is 15.5 Å². The zero-order valence-corrected chi connectivity index (χ0v) is 14.5. The Labute approximate surface area is 146 Å². The fourth-order valence-corrected chi connectivity index (χ4v) is 3.56. The van der Waals surface area contributed by atoms with E-state index in [2.05, 4.69) is 16.7 Å². The van der Waals surface area contributed by atoms with Gasteiger partial charge in [-0.3, -0.25) is 14.5 Å². The first-order valence-corrected chi connectivity index (χ1v) is 8.45. The first-order chi connectivity index (χ1) is 11.9. The third kappa shape index (κ3) is 3.37. The average molecular weight is 345 g/mol. The van der Waals surface area contributed by atoms with E-state index < -0.39 is 17.5 Å². The molecule has 2 aliphatic rings. The van der Waals surface area contributed by atoms with Crippen molar-refractivity contribution < 1.29 is 19.1 Å². The maximum atomic E-state index is 12.4. The summed E-state index contributed by atoms with van der Waals surface area (Å²) in [5, 5.41) is 5.55. The SMILES string of the molecule is COCC1(C)NC(=O)N(CC(=O)NC2CCCc3ccccc32)C1=O. The molecule has 0 spiro atoms. The zero-order valence-electron chi connectivity index (χ0n) is 14.5. The summed E-state index contributed by atoms with van der Waals surface area (Å²) in [5.74, 6) is -0.787. The van der Waals surface area contributed by atoms with E-state index in [-0.39, 0.29) is 25.1 Å². The molecule has 2 N–H and O–H groups in total. The van der Waals surface area contributed by atoms with Crippen molar-refractivity contribution in [2.45, 2.75) is 37.8 Å². The van der Waals surface area contributed by atoms with Gasteiger partial charge in [-0.25, -0.2) is 4.79 Å². The Morgan fingerprint density at radius 3 is 2.92 bits per heavy atom. The Kier molecular flexibility index (Phi) is 4.76. The number of nitrogens with zero attached hydrogens (tertiary/aromatic N) is 1. The van der Waals surface area contributed by atoms with Gasteiger partial charge in [-0.1, -0.05) is 24.3 Å². The van der Waals surface area contributed by atoms with Gasteiger partial charge >= 0.3 is 6.03 Å². The molecule has 3 rings (SSSR count). The second-order valence-electron chi connectivity index (χ2n) is 6.80. The van der Waals surface area contributed by atoms with E-state index in [1.54, 1.807) is 6.92 Å². The zero-order chi connectivity index (χ0) is 18.0. The number of fused-ring (bicyclic) bond motifs is 1. The van der Waals surface area contributed by atoms with Gasteiger partial charge in [-0.2, -0.15) is 0 Å². The normalized spacial score (nSPS) is 25.5. The molecule has 1 fully saturated rings. The Bertz CT molecular complexity index is 705. The van der Waals surface area contributed by atoms with Crippen LogP contribution in [0.5, 0.6) is 0 Å². The first kappa shape index (κ1) is 17.4. The summed E-state index contributed by atoms with van der Waals surface area (Å²) in [6, 6.07) is 7.39. The number of carbonyl (C=O) groups is 3. The summed E-state index contributed by atoms with van der Waals surface area (Å²) >= 11 is 0. The van der Waals surface area contributed by atoms with Gasteiger partial charge in [0.25, 0.3) is 5.91 Å². The number of carbonyl (C=O) groups excluding carboxylic acids is 3. The summed E-state index contributed by atoms with van der Waals surface area (Å²) in [7, 11) is 1.46. The number of methoxy groups -OCH3 is 1. The van der Waals surface area contributed by atoms with Gasteiger partial charge in [0.1, 0.15) is 12.1 Å². The van der Waals surface area contributed by atoms with Crippen LogP contribution < -0.4 is 10.6 Å². The van der Waals surface area contributed by atoms with Crippen molar-refractivity contribution in [3.05, 3.63) is 35.4 Å². The summed E-state index contributed by atoms with van der Waals surface area (Å²) in [4.78, 5) is 37.9. The number of amides is 4. The molecule has 7 heteroatoms. The molecule has 1 heterocycles. The number of benzene rings is 1. The minimum atomic E-state index is -1.12. The topological polar surface area (TPSA) is 87.7 Å². The van der Waals surface area contributed by atoms with E-state index >= 15 is 0 Å². The molecule has 1 saturated heterocycles. The lowest BCUT2D eigenvalue weighted by atomic mass is 9.88. The molecular formula is C18H23N3O4. The molecule has 0 radical (unpaired) electrons. The van der Waals surface area contributed by atoms with Crippen molar-refractivity contribution in [1.29, 1.82) is 0 Å². The van der Waals surface area contributed by atoms with Gasteiger partial charge in [0.15, 0.2) is 0 Å². The van der Waals surface area contributed by atoms with Crippen LogP contribution in [0.2, 0.25) is 0 Å². The Hall–Kier alpha value is -2.41. The largest absolute Gasteiger partial charge is 0.382 e. The maximum absolute atomic E-state index is 12.4. The van der Waals surface area contributed by atoms with Crippen molar-refractivity contribution in [2.24, 2.45) is 0 Å². The predicted octanol–water partition coefficient (Wildman–Crippen LogP) is 1.14. The highest BCUT2D eigenvalue weighted by Gasteiger charge is 2.48. The molecule has 0 aromatic heterocycles. The van der Waals surface area contributed by atoms with Gasteiger partial charge in [-0.15, -0.1) is 0 Å². The molecule has 1 aromatic carbocycles. The minimum absolute atomic E-state index is 0.0612. The van der Waals surface area contributed by atoms with E-state index in [0.717, 1.165) is 29.7 Å². The van der Waals surface area contributed by atoms with Crippen LogP contribution in [0.3, 0.4) is 0 Å². The highest BCUT2D eigenvalue weighted by atomic mass is 16.5. The second-order valence-corrected chi connectivity index (χ2v) is 6.80. The van der Waals surface area contributed by atoms with Crippen molar-refractivity contribution in [2.75, 3.05) is 20.3 Å².